The van der Waals surface area contributed by atoms with Gasteiger partial charge in [0.15, 0.2) is 0 Å². The quantitative estimate of drug-likeness (QED) is 0.623. The zero-order chi connectivity index (χ0) is 14.7. The number of likely N-dealkylation sites (N-methyl/N-ethyl adjacent to an activating group) is 1. The summed E-state index contributed by atoms with van der Waals surface area (Å²) in [6, 6.07) is 2.34. The average Bonchev–Trinajstić information content (AvgIpc) is 2.94. The summed E-state index contributed by atoms with van der Waals surface area (Å²) in [6.07, 6.45) is 1.97. The highest BCUT2D eigenvalue weighted by atomic mass is 35.5. The minimum Gasteiger partial charge on any atom is -0.340 e. The van der Waals surface area contributed by atoms with Crippen LogP contribution in [0.15, 0.2) is 23.1 Å². The number of rotatable bonds is 4. The number of carbonyl (C=O) groups is 1. The fourth-order valence-corrected chi connectivity index (χ4v) is 2.18. The molecule has 1 unspecified atom stereocenters. The normalized spacial score (nSPS) is 17.1. The second-order valence-electron chi connectivity index (χ2n) is 4.76. The van der Waals surface area contributed by atoms with Gasteiger partial charge in [-0.3, -0.25) is 24.3 Å². The number of carbonyl (C=O) groups excluding carboxylic acids is 1. The number of nitrogens with zero attached hydrogens (tertiary/aromatic N) is 3. The van der Waals surface area contributed by atoms with Crippen LogP contribution in [0.4, 0.5) is 5.69 Å². The molecule has 1 aromatic heterocycles. The van der Waals surface area contributed by atoms with Crippen LogP contribution in [0.5, 0.6) is 0 Å². The van der Waals surface area contributed by atoms with E-state index in [1.165, 1.54) is 0 Å². The molecule has 2 heterocycles. The van der Waals surface area contributed by atoms with Gasteiger partial charge in [0, 0.05) is 31.8 Å². The number of hydrogen-bond acceptors (Lipinski definition) is 5. The molecule has 1 aliphatic heterocycles. The topological polar surface area (TPSA) is 97.5 Å². The molecule has 1 saturated heterocycles. The molecule has 21 heavy (non-hydrogen) atoms. The van der Waals surface area contributed by atoms with E-state index in [0.717, 1.165) is 42.4 Å². The van der Waals surface area contributed by atoms with Crippen LogP contribution < -0.4 is 10.9 Å². The standard InChI is InChI=1S/C12H16N4O4.ClH/c1-14(9-4-5-13-6-9)12(18)8-15-7-10(16(19)20)2-3-11(15)17;/h2-3,7,9,13H,4-6,8H2,1H3;1H. The summed E-state index contributed by atoms with van der Waals surface area (Å²) >= 11 is 0. The first-order valence-electron chi connectivity index (χ1n) is 6.30. The largest absolute Gasteiger partial charge is 0.340 e. The minimum absolute atomic E-state index is 0. The van der Waals surface area contributed by atoms with Crippen molar-refractivity contribution in [3.05, 3.63) is 38.8 Å². The molecular formula is C12H17ClN4O4. The molecule has 8 nitrogen and oxygen atoms in total. The zero-order valence-electron chi connectivity index (χ0n) is 11.5. The van der Waals surface area contributed by atoms with Crippen molar-refractivity contribution < 1.29 is 9.72 Å². The third-order valence-corrected chi connectivity index (χ3v) is 3.46. The summed E-state index contributed by atoms with van der Waals surface area (Å²) in [7, 11) is 1.68. The summed E-state index contributed by atoms with van der Waals surface area (Å²) in [6.45, 7) is 1.40. The predicted molar refractivity (Wildman–Crippen MR) is 78.6 cm³/mol. The minimum atomic E-state index is -0.592. The Bertz CT molecular complexity index is 583. The zero-order valence-corrected chi connectivity index (χ0v) is 12.3. The van der Waals surface area contributed by atoms with Crippen LogP contribution >= 0.6 is 12.4 Å². The lowest BCUT2D eigenvalue weighted by Gasteiger charge is -2.24. The Morgan fingerprint density at radius 3 is 2.86 bits per heavy atom. The van der Waals surface area contributed by atoms with Crippen molar-refractivity contribution in [2.75, 3.05) is 20.1 Å². The van der Waals surface area contributed by atoms with E-state index in [1.54, 1.807) is 11.9 Å². The van der Waals surface area contributed by atoms with Crippen LogP contribution in [0.25, 0.3) is 0 Å². The van der Waals surface area contributed by atoms with Gasteiger partial charge in [-0.1, -0.05) is 0 Å². The smallest absolute Gasteiger partial charge is 0.285 e. The third-order valence-electron chi connectivity index (χ3n) is 3.46. The molecule has 1 N–H and O–H groups in total. The van der Waals surface area contributed by atoms with Gasteiger partial charge in [0.2, 0.25) is 5.91 Å². The summed E-state index contributed by atoms with van der Waals surface area (Å²) in [5, 5.41) is 13.8. The van der Waals surface area contributed by atoms with Crippen LogP contribution in [0, 0.1) is 10.1 Å². The van der Waals surface area contributed by atoms with Gasteiger partial charge in [0.25, 0.3) is 11.2 Å². The molecule has 0 radical (unpaired) electrons. The van der Waals surface area contributed by atoms with Gasteiger partial charge in [-0.2, -0.15) is 0 Å². The van der Waals surface area contributed by atoms with E-state index in [0.29, 0.717) is 0 Å². The Labute approximate surface area is 127 Å². The van der Waals surface area contributed by atoms with Crippen molar-refractivity contribution in [2.24, 2.45) is 0 Å². The van der Waals surface area contributed by atoms with E-state index in [1.807, 2.05) is 0 Å². The molecule has 0 saturated carbocycles. The van der Waals surface area contributed by atoms with Crippen molar-refractivity contribution in [3.8, 4) is 0 Å². The van der Waals surface area contributed by atoms with Crippen molar-refractivity contribution in [3.63, 3.8) is 0 Å². The fraction of sp³-hybridized carbons (Fsp3) is 0.500. The first-order chi connectivity index (χ1) is 9.49. The first kappa shape index (κ1) is 17.1. The van der Waals surface area contributed by atoms with E-state index in [-0.39, 0.29) is 36.6 Å². The summed E-state index contributed by atoms with van der Waals surface area (Å²) < 4.78 is 1.07. The maximum atomic E-state index is 12.1. The monoisotopic (exact) mass is 316 g/mol. The highest BCUT2D eigenvalue weighted by Crippen LogP contribution is 2.09. The second kappa shape index (κ2) is 7.19. The maximum Gasteiger partial charge on any atom is 0.285 e. The number of amides is 1. The van der Waals surface area contributed by atoms with Crippen LogP contribution in [0.1, 0.15) is 6.42 Å². The molecule has 1 atom stereocenters. The Hall–Kier alpha value is -1.93. The molecule has 0 aliphatic carbocycles. The van der Waals surface area contributed by atoms with Crippen molar-refractivity contribution in [2.45, 2.75) is 19.0 Å². The second-order valence-corrected chi connectivity index (χ2v) is 4.76. The lowest BCUT2D eigenvalue weighted by atomic mass is 10.2. The molecule has 1 fully saturated rings. The van der Waals surface area contributed by atoms with Crippen molar-refractivity contribution in [1.82, 2.24) is 14.8 Å². The van der Waals surface area contributed by atoms with Gasteiger partial charge in [-0.15, -0.1) is 12.4 Å². The molecule has 116 valence electrons. The average molecular weight is 317 g/mol. The number of pyridine rings is 1. The molecule has 1 aromatic rings. The Morgan fingerprint density at radius 1 is 1.57 bits per heavy atom. The Balaban J connectivity index is 0.00000220. The molecule has 0 spiro atoms. The van der Waals surface area contributed by atoms with Crippen LogP contribution in [0.3, 0.4) is 0 Å². The van der Waals surface area contributed by atoms with Crippen LogP contribution in [-0.4, -0.2) is 46.5 Å². The Morgan fingerprint density at radius 2 is 2.29 bits per heavy atom. The number of nitro groups is 1. The number of nitrogens with one attached hydrogen (secondary N) is 1. The number of hydrogen-bond donors (Lipinski definition) is 1. The van der Waals surface area contributed by atoms with Gasteiger partial charge in [-0.25, -0.2) is 0 Å². The SMILES string of the molecule is CN(C(=O)Cn1cc([N+](=O)[O-])ccc1=O)C1CCNC1.Cl. The van der Waals surface area contributed by atoms with Gasteiger partial charge >= 0.3 is 0 Å². The maximum absolute atomic E-state index is 12.1. The highest BCUT2D eigenvalue weighted by molar-refractivity contribution is 5.85. The summed E-state index contributed by atoms with van der Waals surface area (Å²) in [4.78, 5) is 35.4. The van der Waals surface area contributed by atoms with Crippen LogP contribution in [-0.2, 0) is 11.3 Å². The Kier molecular flexibility index (Phi) is 5.86. The van der Waals surface area contributed by atoms with E-state index in [4.69, 9.17) is 0 Å². The highest BCUT2D eigenvalue weighted by Gasteiger charge is 2.23. The number of halogens is 1. The van der Waals surface area contributed by atoms with Gasteiger partial charge < -0.3 is 10.2 Å². The lowest BCUT2D eigenvalue weighted by Crippen LogP contribution is -2.41. The summed E-state index contributed by atoms with van der Waals surface area (Å²) in [5.74, 6) is -0.235. The molecule has 1 amide bonds. The van der Waals surface area contributed by atoms with Gasteiger partial charge in [-0.05, 0) is 13.0 Å². The van der Waals surface area contributed by atoms with Crippen LogP contribution in [0.2, 0.25) is 0 Å². The third kappa shape index (κ3) is 4.02. The molecule has 0 bridgehead atoms. The first-order valence-corrected chi connectivity index (χ1v) is 6.30. The van der Waals surface area contributed by atoms with Gasteiger partial charge in [0.1, 0.15) is 6.54 Å². The molecule has 9 heteroatoms. The number of aromatic nitrogens is 1. The van der Waals surface area contributed by atoms with Crippen molar-refractivity contribution >= 4 is 24.0 Å². The molecule has 2 rings (SSSR count). The van der Waals surface area contributed by atoms with Crippen molar-refractivity contribution in [1.29, 1.82) is 0 Å². The molecule has 1 aliphatic rings. The van der Waals surface area contributed by atoms with E-state index in [2.05, 4.69) is 5.32 Å². The lowest BCUT2D eigenvalue weighted by molar-refractivity contribution is -0.385. The van der Waals surface area contributed by atoms with Gasteiger partial charge in [0.05, 0.1) is 11.1 Å². The summed E-state index contributed by atoms with van der Waals surface area (Å²) in [5.41, 5.74) is -0.635. The fourth-order valence-electron chi connectivity index (χ4n) is 2.18. The van der Waals surface area contributed by atoms with E-state index < -0.39 is 10.5 Å². The molecular weight excluding hydrogens is 300 g/mol. The predicted octanol–water partition coefficient (Wildman–Crippen LogP) is -0.00140. The van der Waals surface area contributed by atoms with E-state index in [9.17, 15) is 19.7 Å². The molecule has 0 aromatic carbocycles. The van der Waals surface area contributed by atoms with E-state index >= 15 is 0 Å².